The first-order chi connectivity index (χ1) is 23.0. The van der Waals surface area contributed by atoms with Crippen molar-refractivity contribution in [1.82, 2.24) is 9.80 Å². The second kappa shape index (κ2) is 15.3. The minimum absolute atomic E-state index is 0.0746. The number of methoxy groups -OCH3 is 1. The fraction of sp³-hybridized carbons (Fsp3) is 0.526. The van der Waals surface area contributed by atoms with Gasteiger partial charge >= 0.3 is 0 Å². The molecule has 49 heavy (non-hydrogen) atoms. The summed E-state index contributed by atoms with van der Waals surface area (Å²) in [6.45, 7) is 25.5. The average Bonchev–Trinajstić information content (AvgIpc) is 3.61. The number of rotatable bonds is 13. The van der Waals surface area contributed by atoms with Gasteiger partial charge in [0.05, 0.1) is 44.1 Å². The van der Waals surface area contributed by atoms with E-state index < -0.39 is 8.32 Å². The van der Waals surface area contributed by atoms with E-state index in [2.05, 4.69) is 53.9 Å². The Morgan fingerprint density at radius 2 is 1.37 bits per heavy atom. The maximum atomic E-state index is 13.7. The number of amides is 2. The summed E-state index contributed by atoms with van der Waals surface area (Å²) in [6.07, 6.45) is 2.93. The van der Waals surface area contributed by atoms with Crippen LogP contribution in [0.25, 0.3) is 0 Å². The van der Waals surface area contributed by atoms with E-state index in [-0.39, 0.29) is 28.9 Å². The molecule has 2 aromatic rings. The number of carbonyl (C=O) groups is 2. The third-order valence-corrected chi connectivity index (χ3v) is 14.6. The molecule has 2 saturated heterocycles. The van der Waals surface area contributed by atoms with Crippen LogP contribution in [0, 0.1) is 6.92 Å². The number of nitrogens with zero attached hydrogens (tertiary/aromatic N) is 2. The van der Waals surface area contributed by atoms with Crippen LogP contribution < -0.4 is 25.7 Å². The molecule has 0 unspecified atom stereocenters. The predicted molar refractivity (Wildman–Crippen MR) is 199 cm³/mol. The summed E-state index contributed by atoms with van der Waals surface area (Å²) >= 11 is 0. The van der Waals surface area contributed by atoms with Crippen molar-refractivity contribution in [1.29, 1.82) is 0 Å². The normalized spacial score (nSPS) is 18.3. The highest BCUT2D eigenvalue weighted by molar-refractivity contribution is 6.74. The van der Waals surface area contributed by atoms with Crippen molar-refractivity contribution >= 4 is 31.5 Å². The summed E-state index contributed by atoms with van der Waals surface area (Å²) in [6, 6.07) is 6.84. The predicted octanol–water partition coefficient (Wildman–Crippen LogP) is 6.99. The van der Waals surface area contributed by atoms with E-state index in [1.807, 2.05) is 16.7 Å². The van der Waals surface area contributed by atoms with E-state index in [4.69, 9.17) is 30.1 Å². The number of anilines is 2. The van der Waals surface area contributed by atoms with Crippen molar-refractivity contribution in [2.45, 2.75) is 90.5 Å². The first-order valence-corrected chi connectivity index (χ1v) is 20.1. The molecule has 10 nitrogen and oxygen atoms in total. The van der Waals surface area contributed by atoms with Gasteiger partial charge in [-0.25, -0.2) is 0 Å². The molecule has 4 rings (SSSR count). The fourth-order valence-electron chi connectivity index (χ4n) is 6.08. The molecule has 2 aliphatic heterocycles. The van der Waals surface area contributed by atoms with Gasteiger partial charge in [0.1, 0.15) is 5.75 Å². The summed E-state index contributed by atoms with van der Waals surface area (Å²) in [4.78, 5) is 30.8. The summed E-state index contributed by atoms with van der Waals surface area (Å²) in [5, 5.41) is 0.0808. The van der Waals surface area contributed by atoms with Crippen molar-refractivity contribution < 1.29 is 28.2 Å². The molecule has 268 valence electrons. The second-order valence-electron chi connectivity index (χ2n) is 14.9. The van der Waals surface area contributed by atoms with Gasteiger partial charge in [0.15, 0.2) is 19.8 Å². The number of hydrogen-bond acceptors (Lipinski definition) is 8. The summed E-state index contributed by atoms with van der Waals surface area (Å²) < 4.78 is 24.1. The van der Waals surface area contributed by atoms with Crippen LogP contribution in [0.15, 0.2) is 48.6 Å². The molecule has 2 aliphatic rings. The van der Waals surface area contributed by atoms with Crippen molar-refractivity contribution in [3.8, 4) is 17.2 Å². The molecule has 0 bridgehead atoms. The van der Waals surface area contributed by atoms with Crippen LogP contribution in [0.4, 0.5) is 11.4 Å². The lowest BCUT2D eigenvalue weighted by molar-refractivity contribution is 0.0685. The smallest absolute Gasteiger partial charge is 0.256 e. The molecule has 2 heterocycles. The van der Waals surface area contributed by atoms with Crippen LogP contribution in [-0.2, 0) is 4.43 Å². The third kappa shape index (κ3) is 8.62. The maximum absolute atomic E-state index is 13.7. The van der Waals surface area contributed by atoms with Gasteiger partial charge in [-0.1, -0.05) is 52.0 Å². The first-order valence-electron chi connectivity index (χ1n) is 17.2. The SMILES string of the molecule is C=C1C[C@@H](CC)N(C(=O)c2cc(OC)c(OCCCOc3cc(N)c(C(=O)N4CC(=C)C[C@H]4CO[Si](C)(C)C(C)(C)C)cc3C)cc2N)C1. The highest BCUT2D eigenvalue weighted by atomic mass is 28.4. The maximum Gasteiger partial charge on any atom is 0.256 e. The first kappa shape index (κ1) is 37.8. The average molecular weight is 693 g/mol. The van der Waals surface area contributed by atoms with Gasteiger partial charge in [-0.05, 0) is 62.0 Å². The molecule has 0 radical (unpaired) electrons. The highest BCUT2D eigenvalue weighted by Gasteiger charge is 2.40. The van der Waals surface area contributed by atoms with Crippen LogP contribution in [0.2, 0.25) is 18.1 Å². The van der Waals surface area contributed by atoms with Gasteiger partial charge in [-0.2, -0.15) is 0 Å². The van der Waals surface area contributed by atoms with E-state index >= 15 is 0 Å². The van der Waals surface area contributed by atoms with Crippen molar-refractivity contribution in [2.75, 3.05) is 51.5 Å². The van der Waals surface area contributed by atoms with Crippen LogP contribution >= 0.6 is 0 Å². The zero-order valence-corrected chi connectivity index (χ0v) is 31.7. The lowest BCUT2D eigenvalue weighted by Gasteiger charge is -2.38. The number of hydrogen-bond donors (Lipinski definition) is 2. The largest absolute Gasteiger partial charge is 0.493 e. The molecule has 0 aliphatic carbocycles. The standard InChI is InChI=1S/C38H56N4O6Si/c1-11-27-15-24(2)21-41(27)37(44)30-18-34(45-8)35(20-32(30)40)47-14-12-13-46-33-19-31(39)29(17-26(33)4)36(43)42-22-25(3)16-28(42)23-48-49(9,10)38(5,6)7/h17-20,27-28H,2-3,11-16,21-23,39-40H2,1,4-10H3/t27-,28+/m1/s1. The number of aryl methyl sites for hydroxylation is 1. The molecular weight excluding hydrogens is 637 g/mol. The van der Waals surface area contributed by atoms with Gasteiger partial charge in [-0.3, -0.25) is 9.59 Å². The second-order valence-corrected chi connectivity index (χ2v) is 19.7. The Morgan fingerprint density at radius 3 is 1.92 bits per heavy atom. The highest BCUT2D eigenvalue weighted by Crippen LogP contribution is 2.38. The van der Waals surface area contributed by atoms with E-state index in [1.165, 1.54) is 7.11 Å². The Kier molecular flexibility index (Phi) is 11.8. The molecule has 11 heteroatoms. The monoisotopic (exact) mass is 692 g/mol. The minimum atomic E-state index is -1.97. The fourth-order valence-corrected chi connectivity index (χ4v) is 7.12. The van der Waals surface area contributed by atoms with Crippen molar-refractivity contribution in [3.63, 3.8) is 0 Å². The number of carbonyl (C=O) groups excluding carboxylic acids is 2. The molecule has 2 amide bonds. The zero-order valence-electron chi connectivity index (χ0n) is 30.7. The van der Waals surface area contributed by atoms with Gasteiger partial charge < -0.3 is 39.9 Å². The van der Waals surface area contributed by atoms with Crippen LogP contribution in [0.3, 0.4) is 0 Å². The lowest BCUT2D eigenvalue weighted by Crippen LogP contribution is -2.46. The Balaban J connectivity index is 1.34. The van der Waals surface area contributed by atoms with Crippen molar-refractivity contribution in [2.24, 2.45) is 0 Å². The molecule has 0 saturated carbocycles. The Bertz CT molecular complexity index is 1580. The van der Waals surface area contributed by atoms with Crippen LogP contribution in [0.5, 0.6) is 17.2 Å². The Labute approximate surface area is 293 Å². The molecule has 2 fully saturated rings. The molecular formula is C38H56N4O6Si. The molecule has 4 N–H and O–H groups in total. The van der Waals surface area contributed by atoms with Gasteiger partial charge in [0.25, 0.3) is 11.8 Å². The third-order valence-electron chi connectivity index (χ3n) is 10.1. The van der Waals surface area contributed by atoms with E-state index in [0.717, 1.165) is 36.0 Å². The number of nitrogens with two attached hydrogens (primary N) is 2. The van der Waals surface area contributed by atoms with Crippen LogP contribution in [0.1, 0.15) is 79.7 Å². The summed E-state index contributed by atoms with van der Waals surface area (Å²) in [5.41, 5.74) is 17.2. The van der Waals surface area contributed by atoms with Crippen molar-refractivity contribution in [3.05, 3.63) is 65.3 Å². The Hall–Kier alpha value is -3.96. The molecule has 2 atom stereocenters. The summed E-state index contributed by atoms with van der Waals surface area (Å²) in [7, 11) is -0.439. The quantitative estimate of drug-likeness (QED) is 0.0995. The topological polar surface area (TPSA) is 130 Å². The van der Waals surface area contributed by atoms with Gasteiger partial charge in [0.2, 0.25) is 0 Å². The minimum Gasteiger partial charge on any atom is -0.493 e. The van der Waals surface area contributed by atoms with Crippen LogP contribution in [-0.4, -0.2) is 82.0 Å². The number of likely N-dealkylation sites (tertiary alicyclic amines) is 2. The van der Waals surface area contributed by atoms with E-state index in [1.54, 1.807) is 24.3 Å². The number of ether oxygens (including phenoxy) is 3. The zero-order chi connectivity index (χ0) is 36.3. The summed E-state index contributed by atoms with van der Waals surface area (Å²) in [5.74, 6) is 1.24. The van der Waals surface area contributed by atoms with Gasteiger partial charge in [-0.15, -0.1) is 0 Å². The Morgan fingerprint density at radius 1 is 0.857 bits per heavy atom. The van der Waals surface area contributed by atoms with E-state index in [9.17, 15) is 9.59 Å². The molecule has 0 aromatic heterocycles. The van der Waals surface area contributed by atoms with Gasteiger partial charge in [0, 0.05) is 49.1 Å². The lowest BCUT2D eigenvalue weighted by atomic mass is 10.1. The number of nitrogen functional groups attached to an aromatic ring is 2. The van der Waals surface area contributed by atoms with E-state index in [0.29, 0.717) is 79.1 Å². The molecule has 2 aromatic carbocycles. The number of benzene rings is 2. The molecule has 0 spiro atoms.